The first-order valence-electron chi connectivity index (χ1n) is 23.0. The summed E-state index contributed by atoms with van der Waals surface area (Å²) in [4.78, 5) is 58.7. The molecule has 384 valence electrons. The number of hydrogen-bond donors (Lipinski definition) is 5. The Morgan fingerprint density at radius 1 is 0.642 bits per heavy atom. The van der Waals surface area contributed by atoms with Gasteiger partial charge >= 0.3 is 12.1 Å². The number of thiophene rings is 1. The third kappa shape index (κ3) is 33.3. The number of nitrogens with one attached hydrogen (secondary N) is 2. The fourth-order valence-corrected chi connectivity index (χ4v) is 6.83. The van der Waals surface area contributed by atoms with E-state index in [0.717, 1.165) is 41.1 Å². The number of amides is 3. The molecule has 0 fully saturated rings. The first kappa shape index (κ1) is 59.3. The third-order valence-corrected chi connectivity index (χ3v) is 10.1. The molecule has 0 spiro atoms. The number of carboxylic acid groups (broad SMARTS) is 2. The molecule has 22 nitrogen and oxygen atoms in total. The molecule has 6 N–H and O–H groups in total. The smallest absolute Gasteiger partial charge is 0.404 e. The number of unbranched alkanes of at least 4 members (excludes halogenated alkanes) is 2. The van der Waals surface area contributed by atoms with E-state index in [1.54, 1.807) is 11.3 Å². The molecule has 0 bridgehead atoms. The summed E-state index contributed by atoms with van der Waals surface area (Å²) in [6.45, 7) is 11.3. The van der Waals surface area contributed by atoms with Gasteiger partial charge in [0.15, 0.2) is 0 Å². The van der Waals surface area contributed by atoms with Gasteiger partial charge in [0.1, 0.15) is 5.84 Å². The Morgan fingerprint density at radius 3 is 1.58 bits per heavy atom. The van der Waals surface area contributed by atoms with E-state index in [2.05, 4.69) is 15.6 Å². The van der Waals surface area contributed by atoms with Crippen molar-refractivity contribution in [1.82, 2.24) is 15.7 Å². The van der Waals surface area contributed by atoms with Crippen LogP contribution < -0.4 is 16.4 Å². The highest BCUT2D eigenvalue weighted by Crippen LogP contribution is 2.35. The van der Waals surface area contributed by atoms with Crippen LogP contribution in [0.1, 0.15) is 61.6 Å². The summed E-state index contributed by atoms with van der Waals surface area (Å²) in [6.07, 6.45) is 5.31. The molecule has 1 aromatic heterocycles. The van der Waals surface area contributed by atoms with Crippen molar-refractivity contribution >= 4 is 52.8 Å². The van der Waals surface area contributed by atoms with E-state index < -0.39 is 12.1 Å². The summed E-state index contributed by atoms with van der Waals surface area (Å²) in [7, 11) is 0. The van der Waals surface area contributed by atoms with Crippen molar-refractivity contribution < 1.29 is 81.6 Å². The predicted molar refractivity (Wildman–Crippen MR) is 248 cm³/mol. The van der Waals surface area contributed by atoms with Gasteiger partial charge in [-0.3, -0.25) is 19.2 Å². The van der Waals surface area contributed by atoms with Crippen molar-refractivity contribution in [3.8, 4) is 0 Å². The molecule has 3 amide bonds. The van der Waals surface area contributed by atoms with Crippen molar-refractivity contribution in [3.63, 3.8) is 0 Å². The molecule has 0 radical (unpaired) electrons. The van der Waals surface area contributed by atoms with Crippen LogP contribution in [-0.2, 0) is 73.0 Å². The van der Waals surface area contributed by atoms with E-state index >= 15 is 0 Å². The van der Waals surface area contributed by atoms with Gasteiger partial charge in [0.2, 0.25) is 5.91 Å². The Labute approximate surface area is 398 Å². The molecule has 0 unspecified atom stereocenters. The third-order valence-electron chi connectivity index (χ3n) is 8.99. The number of hydroxylamine groups is 2. The van der Waals surface area contributed by atoms with Crippen LogP contribution in [0.5, 0.6) is 0 Å². The van der Waals surface area contributed by atoms with Crippen molar-refractivity contribution in [2.45, 2.75) is 58.3 Å². The number of carbonyl (C=O) groups is 4. The van der Waals surface area contributed by atoms with E-state index in [4.69, 9.17) is 68.2 Å². The Hall–Kier alpha value is -3.85. The second-order valence-corrected chi connectivity index (χ2v) is 15.7. The number of nitrogens with zero attached hydrogens (tertiary/aromatic N) is 2. The zero-order valence-corrected chi connectivity index (χ0v) is 40.0. The Kier molecular flexibility index (Phi) is 36.4. The molecule has 1 aromatic rings. The lowest BCUT2D eigenvalue weighted by Crippen LogP contribution is -2.36. The zero-order valence-electron chi connectivity index (χ0n) is 39.2. The average Bonchev–Trinajstić information content (AvgIpc) is 3.60. The van der Waals surface area contributed by atoms with Crippen molar-refractivity contribution in [3.05, 3.63) is 21.4 Å². The molecule has 0 saturated heterocycles. The van der Waals surface area contributed by atoms with Crippen LogP contribution in [0.2, 0.25) is 0 Å². The summed E-state index contributed by atoms with van der Waals surface area (Å²) in [5, 5.41) is 23.7. The van der Waals surface area contributed by atoms with Crippen LogP contribution in [0.4, 0.5) is 10.5 Å². The fourth-order valence-electron chi connectivity index (χ4n) is 5.72. The highest BCUT2D eigenvalue weighted by molar-refractivity contribution is 7.13. The summed E-state index contributed by atoms with van der Waals surface area (Å²) in [5.41, 5.74) is 7.37. The molecule has 0 atom stereocenters. The summed E-state index contributed by atoms with van der Waals surface area (Å²) in [6, 6.07) is 2.01. The van der Waals surface area contributed by atoms with Crippen LogP contribution in [-0.4, -0.2) is 203 Å². The monoisotopic (exact) mass is 977 g/mol. The number of amidine groups is 1. The van der Waals surface area contributed by atoms with E-state index in [9.17, 15) is 19.2 Å². The minimum Gasteiger partial charge on any atom is -0.481 e. The Balaban J connectivity index is 1.33. The SMILES string of the molecule is CCCN(OCCNC(=O)O)C(=O)C1=Cc2sc(CCCCCNC(=O)CCOCCOCCOCCOCCOCCOCCOCCOCCOCCOCCC(=O)O)cc2N=C(N)C1. The summed E-state index contributed by atoms with van der Waals surface area (Å²) in [5.74, 6) is -0.932. The van der Waals surface area contributed by atoms with Crippen LogP contribution >= 0.6 is 11.3 Å². The lowest BCUT2D eigenvalue weighted by Gasteiger charge is -2.22. The lowest BCUT2D eigenvalue weighted by molar-refractivity contribution is -0.181. The molecule has 2 rings (SSSR count). The first-order chi connectivity index (χ1) is 32.7. The molecule has 67 heavy (non-hydrogen) atoms. The van der Waals surface area contributed by atoms with Gasteiger partial charge < -0.3 is 73.9 Å². The number of aryl methyl sites for hydroxylation is 1. The molecule has 0 saturated carbocycles. The maximum Gasteiger partial charge on any atom is 0.404 e. The van der Waals surface area contributed by atoms with E-state index in [1.165, 1.54) is 5.06 Å². The number of aliphatic carboxylic acids is 1. The molecule has 0 aliphatic carbocycles. The average molecular weight is 978 g/mol. The largest absolute Gasteiger partial charge is 0.481 e. The predicted octanol–water partition coefficient (Wildman–Crippen LogP) is 2.82. The normalized spacial score (nSPS) is 12.3. The fraction of sp³-hybridized carbons (Fsp3) is 0.750. The van der Waals surface area contributed by atoms with Crippen molar-refractivity contribution in [2.75, 3.05) is 158 Å². The van der Waals surface area contributed by atoms with E-state index in [0.29, 0.717) is 156 Å². The Morgan fingerprint density at radius 2 is 1.12 bits per heavy atom. The topological polar surface area (TPSA) is 276 Å². The molecule has 23 heteroatoms. The molecule has 2 heterocycles. The van der Waals surface area contributed by atoms with Crippen molar-refractivity contribution in [2.24, 2.45) is 10.7 Å². The van der Waals surface area contributed by atoms with Gasteiger partial charge in [-0.2, -0.15) is 0 Å². The number of carbonyl (C=O) groups excluding carboxylic acids is 2. The number of rotatable bonds is 46. The van der Waals surface area contributed by atoms with Crippen LogP contribution in [0.15, 0.2) is 16.6 Å². The highest BCUT2D eigenvalue weighted by Gasteiger charge is 2.23. The van der Waals surface area contributed by atoms with Crippen molar-refractivity contribution in [1.29, 1.82) is 0 Å². The van der Waals surface area contributed by atoms with Crippen LogP contribution in [0.25, 0.3) is 6.08 Å². The maximum absolute atomic E-state index is 13.3. The number of ether oxygens (including phenoxy) is 10. The second-order valence-electron chi connectivity index (χ2n) is 14.6. The highest BCUT2D eigenvalue weighted by atomic mass is 32.1. The number of nitrogens with two attached hydrogens (primary N) is 1. The van der Waals surface area contributed by atoms with Gasteiger partial charge in [-0.15, -0.1) is 11.3 Å². The molecular formula is C44H75N5O17S. The van der Waals surface area contributed by atoms with E-state index in [1.807, 2.05) is 19.1 Å². The van der Waals surface area contributed by atoms with Gasteiger partial charge in [-0.1, -0.05) is 13.3 Å². The van der Waals surface area contributed by atoms with Gasteiger partial charge in [-0.25, -0.2) is 14.9 Å². The molecular weight excluding hydrogens is 903 g/mol. The standard InChI is InChI=1S/C44H75N5O17S/c1-2-11-49(66-14-10-47-44(54)55)43(53)36-33-39-38(48-40(45)34-36)35-37(67-39)6-4-3-5-9-46-41(50)7-12-56-15-17-58-19-21-60-23-25-62-27-29-64-31-32-65-30-28-63-26-24-61-22-20-59-18-16-57-13-8-42(51)52/h33,35,47H,2-32,34H2,1H3,(H2,45,48)(H,46,50)(H,51,52)(H,54,55). The minimum absolute atomic E-state index is 0.0144. The number of fused-ring (bicyclic) bond motifs is 1. The summed E-state index contributed by atoms with van der Waals surface area (Å²) >= 11 is 1.57. The molecule has 0 aromatic carbocycles. The van der Waals surface area contributed by atoms with Gasteiger partial charge in [0.05, 0.1) is 156 Å². The van der Waals surface area contributed by atoms with E-state index in [-0.39, 0.29) is 50.8 Å². The first-order valence-corrected chi connectivity index (χ1v) is 23.8. The van der Waals surface area contributed by atoms with Gasteiger partial charge in [-0.05, 0) is 37.8 Å². The maximum atomic E-state index is 13.3. The summed E-state index contributed by atoms with van der Waals surface area (Å²) < 4.78 is 54.3. The molecule has 1 aliphatic heterocycles. The Bertz CT molecular complexity index is 1540. The van der Waals surface area contributed by atoms with Crippen LogP contribution in [0.3, 0.4) is 0 Å². The zero-order chi connectivity index (χ0) is 48.4. The van der Waals surface area contributed by atoms with Gasteiger partial charge in [0.25, 0.3) is 5.91 Å². The second kappa shape index (κ2) is 41.2. The quantitative estimate of drug-likeness (QED) is 0.0464. The molecule has 1 aliphatic rings. The number of aliphatic imine (C=N–C) groups is 1. The minimum atomic E-state index is -1.16. The lowest BCUT2D eigenvalue weighted by atomic mass is 10.1. The number of hydrogen-bond acceptors (Lipinski definition) is 18. The van der Waals surface area contributed by atoms with Gasteiger partial charge in [0, 0.05) is 42.9 Å². The number of carboxylic acids is 1. The van der Waals surface area contributed by atoms with Crippen LogP contribution in [0, 0.1) is 0 Å².